The molecule has 5 nitrogen and oxygen atoms in total. The zero-order chi connectivity index (χ0) is 11.1. The largest absolute Gasteiger partial charge is 0.491 e. The first kappa shape index (κ1) is 9.50. The standard InChI is InChI=1S/C9H6BFN2O3/c11-8-1-5-3-16-10(14)7(5)2-6(8)9-13-12-4-15-9/h1-2,4,14H,3H2. The average molecular weight is 220 g/mol. The highest BCUT2D eigenvalue weighted by molar-refractivity contribution is 6.61. The van der Waals surface area contributed by atoms with Gasteiger partial charge in [-0.2, -0.15) is 0 Å². The molecule has 2 heterocycles. The lowest BCUT2D eigenvalue weighted by molar-refractivity contribution is 0.275. The third-order valence-corrected chi connectivity index (χ3v) is 2.48. The van der Waals surface area contributed by atoms with E-state index in [2.05, 4.69) is 10.2 Å². The first-order valence-corrected chi connectivity index (χ1v) is 4.64. The third-order valence-electron chi connectivity index (χ3n) is 2.48. The summed E-state index contributed by atoms with van der Waals surface area (Å²) in [5.41, 5.74) is 1.34. The van der Waals surface area contributed by atoms with Crippen molar-refractivity contribution in [3.05, 3.63) is 29.9 Å². The minimum atomic E-state index is -1.02. The topological polar surface area (TPSA) is 68.4 Å². The number of nitrogens with zero attached hydrogens (tertiary/aromatic N) is 2. The molecule has 1 aliphatic heterocycles. The van der Waals surface area contributed by atoms with Gasteiger partial charge in [0.2, 0.25) is 12.3 Å². The summed E-state index contributed by atoms with van der Waals surface area (Å²) >= 11 is 0. The van der Waals surface area contributed by atoms with Crippen LogP contribution in [0.5, 0.6) is 0 Å². The second-order valence-corrected chi connectivity index (χ2v) is 3.44. The Labute approximate surface area is 90.0 Å². The molecule has 1 aliphatic rings. The molecular formula is C9H6BFN2O3. The molecule has 0 unspecified atom stereocenters. The SMILES string of the molecule is OB1OCc2cc(F)c(-c3nnco3)cc21. The number of hydrogen-bond donors (Lipinski definition) is 1. The Balaban J connectivity index is 2.17. The fraction of sp³-hybridized carbons (Fsp3) is 0.111. The van der Waals surface area contributed by atoms with Crippen molar-refractivity contribution < 1.29 is 18.5 Å². The average Bonchev–Trinajstić information content (AvgIpc) is 2.88. The van der Waals surface area contributed by atoms with Crippen molar-refractivity contribution in [2.45, 2.75) is 6.61 Å². The molecule has 0 saturated heterocycles. The highest BCUT2D eigenvalue weighted by atomic mass is 19.1. The Kier molecular flexibility index (Phi) is 2.01. The van der Waals surface area contributed by atoms with E-state index < -0.39 is 12.9 Å². The fourth-order valence-corrected chi connectivity index (χ4v) is 1.70. The highest BCUT2D eigenvalue weighted by Gasteiger charge is 2.29. The molecule has 16 heavy (non-hydrogen) atoms. The van der Waals surface area contributed by atoms with Gasteiger partial charge in [0.05, 0.1) is 12.2 Å². The first-order valence-electron chi connectivity index (χ1n) is 4.64. The number of rotatable bonds is 1. The maximum Gasteiger partial charge on any atom is 0.491 e. The van der Waals surface area contributed by atoms with Gasteiger partial charge >= 0.3 is 7.12 Å². The van der Waals surface area contributed by atoms with Crippen LogP contribution in [0.15, 0.2) is 22.9 Å². The molecule has 3 rings (SSSR count). The molecule has 0 amide bonds. The Bertz CT molecular complexity index is 532. The van der Waals surface area contributed by atoms with E-state index >= 15 is 0 Å². The summed E-state index contributed by atoms with van der Waals surface area (Å²) in [6.07, 6.45) is 1.12. The molecule has 7 heteroatoms. The van der Waals surface area contributed by atoms with Crippen molar-refractivity contribution in [3.8, 4) is 11.5 Å². The van der Waals surface area contributed by atoms with E-state index in [1.807, 2.05) is 0 Å². The molecule has 80 valence electrons. The summed E-state index contributed by atoms with van der Waals surface area (Å²) in [4.78, 5) is 0. The number of benzene rings is 1. The summed E-state index contributed by atoms with van der Waals surface area (Å²) in [6, 6.07) is 2.78. The molecule has 0 radical (unpaired) electrons. The molecule has 2 aromatic rings. The van der Waals surface area contributed by atoms with Crippen LogP contribution in [0.4, 0.5) is 4.39 Å². The lowest BCUT2D eigenvalue weighted by Crippen LogP contribution is -2.28. The van der Waals surface area contributed by atoms with Crippen LogP contribution < -0.4 is 5.46 Å². The molecule has 1 aromatic heterocycles. The number of halogens is 1. The van der Waals surface area contributed by atoms with Gasteiger partial charge in [0, 0.05) is 0 Å². The molecule has 0 spiro atoms. The molecule has 0 bridgehead atoms. The van der Waals surface area contributed by atoms with Crippen LogP contribution in [0.2, 0.25) is 0 Å². The Morgan fingerprint density at radius 2 is 2.31 bits per heavy atom. The van der Waals surface area contributed by atoms with Crippen LogP contribution >= 0.6 is 0 Å². The molecule has 0 aliphatic carbocycles. The lowest BCUT2D eigenvalue weighted by atomic mass is 9.78. The van der Waals surface area contributed by atoms with Crippen molar-refractivity contribution in [1.29, 1.82) is 0 Å². The zero-order valence-corrected chi connectivity index (χ0v) is 8.05. The van der Waals surface area contributed by atoms with E-state index in [4.69, 9.17) is 9.07 Å². The van der Waals surface area contributed by atoms with Crippen molar-refractivity contribution in [3.63, 3.8) is 0 Å². The van der Waals surface area contributed by atoms with Crippen molar-refractivity contribution >= 4 is 12.6 Å². The highest BCUT2D eigenvalue weighted by Crippen LogP contribution is 2.22. The minimum absolute atomic E-state index is 0.0828. The van der Waals surface area contributed by atoms with Gasteiger partial charge in [-0.15, -0.1) is 10.2 Å². The van der Waals surface area contributed by atoms with Gasteiger partial charge in [0.1, 0.15) is 5.82 Å². The molecule has 0 saturated carbocycles. The molecule has 1 N–H and O–H groups in total. The monoisotopic (exact) mass is 220 g/mol. The van der Waals surface area contributed by atoms with E-state index in [1.54, 1.807) is 0 Å². The summed E-state index contributed by atoms with van der Waals surface area (Å²) in [6.45, 7) is 0.206. The summed E-state index contributed by atoms with van der Waals surface area (Å²) in [5.74, 6) is -0.389. The second-order valence-electron chi connectivity index (χ2n) is 3.44. The molecular weight excluding hydrogens is 214 g/mol. The predicted octanol–water partition coefficient (Wildman–Crippen LogP) is 0.0934. The van der Waals surface area contributed by atoms with Crippen molar-refractivity contribution in [1.82, 2.24) is 10.2 Å². The van der Waals surface area contributed by atoms with Gasteiger partial charge in [-0.25, -0.2) is 4.39 Å². The smallest absolute Gasteiger partial charge is 0.423 e. The summed E-state index contributed by atoms with van der Waals surface area (Å²) < 4.78 is 23.6. The van der Waals surface area contributed by atoms with Crippen LogP contribution in [0.1, 0.15) is 5.56 Å². The minimum Gasteiger partial charge on any atom is -0.423 e. The molecule has 0 atom stereocenters. The number of fused-ring (bicyclic) bond motifs is 1. The van der Waals surface area contributed by atoms with Crippen LogP contribution in [0.3, 0.4) is 0 Å². The Morgan fingerprint density at radius 1 is 1.44 bits per heavy atom. The maximum atomic E-state index is 13.7. The summed E-state index contributed by atoms with van der Waals surface area (Å²) in [5, 5.41) is 16.6. The van der Waals surface area contributed by atoms with Crippen LogP contribution in [0.25, 0.3) is 11.5 Å². The quantitative estimate of drug-likeness (QED) is 0.690. The van der Waals surface area contributed by atoms with Crippen LogP contribution in [-0.2, 0) is 11.3 Å². The van der Waals surface area contributed by atoms with E-state index in [0.717, 1.165) is 6.39 Å². The van der Waals surface area contributed by atoms with Gasteiger partial charge in [0.15, 0.2) is 0 Å². The number of hydrogen-bond acceptors (Lipinski definition) is 5. The van der Waals surface area contributed by atoms with E-state index in [1.165, 1.54) is 12.1 Å². The first-order chi connectivity index (χ1) is 7.75. The zero-order valence-electron chi connectivity index (χ0n) is 8.05. The van der Waals surface area contributed by atoms with Gasteiger partial charge in [-0.3, -0.25) is 0 Å². The van der Waals surface area contributed by atoms with E-state index in [0.29, 0.717) is 11.0 Å². The Hall–Kier alpha value is -1.73. The molecule has 0 fully saturated rings. The lowest BCUT2D eigenvalue weighted by Gasteiger charge is -2.02. The van der Waals surface area contributed by atoms with E-state index in [9.17, 15) is 9.41 Å². The van der Waals surface area contributed by atoms with Crippen molar-refractivity contribution in [2.75, 3.05) is 0 Å². The fourth-order valence-electron chi connectivity index (χ4n) is 1.70. The summed E-state index contributed by atoms with van der Waals surface area (Å²) in [7, 11) is -1.02. The maximum absolute atomic E-state index is 13.7. The normalized spacial score (nSPS) is 14.2. The van der Waals surface area contributed by atoms with Gasteiger partial charge in [-0.1, -0.05) is 0 Å². The second kappa shape index (κ2) is 3.39. The van der Waals surface area contributed by atoms with Gasteiger partial charge in [0.25, 0.3) is 0 Å². The molecule has 1 aromatic carbocycles. The van der Waals surface area contributed by atoms with Crippen molar-refractivity contribution in [2.24, 2.45) is 0 Å². The predicted molar refractivity (Wildman–Crippen MR) is 52.1 cm³/mol. The number of aromatic nitrogens is 2. The third kappa shape index (κ3) is 1.33. The van der Waals surface area contributed by atoms with Crippen LogP contribution in [-0.4, -0.2) is 22.3 Å². The Morgan fingerprint density at radius 3 is 3.06 bits per heavy atom. The van der Waals surface area contributed by atoms with Gasteiger partial charge < -0.3 is 14.1 Å². The van der Waals surface area contributed by atoms with E-state index in [-0.39, 0.29) is 18.1 Å². The van der Waals surface area contributed by atoms with Gasteiger partial charge in [-0.05, 0) is 23.2 Å². The van der Waals surface area contributed by atoms with Crippen LogP contribution in [0, 0.1) is 5.82 Å².